The number of hydrogen-bond donors (Lipinski definition) is 3. The molecule has 1 aromatic heterocycles. The Labute approximate surface area is 112 Å². The van der Waals surface area contributed by atoms with Crippen molar-refractivity contribution < 1.29 is 4.79 Å². The molecular weight excluding hydrogens is 248 g/mol. The summed E-state index contributed by atoms with van der Waals surface area (Å²) in [6.45, 7) is 3.14. The number of amides is 1. The van der Waals surface area contributed by atoms with Crippen LogP contribution >= 0.6 is 11.3 Å². The molecule has 0 radical (unpaired) electrons. The first-order chi connectivity index (χ1) is 8.71. The molecule has 102 valence electrons. The molecule has 18 heavy (non-hydrogen) atoms. The lowest BCUT2D eigenvalue weighted by atomic mass is 10.1. The number of aromatic nitrogens is 1. The van der Waals surface area contributed by atoms with E-state index in [0.717, 1.165) is 24.3 Å². The molecule has 0 aliphatic rings. The van der Waals surface area contributed by atoms with Crippen LogP contribution in [-0.2, 0) is 6.42 Å². The summed E-state index contributed by atoms with van der Waals surface area (Å²) in [7, 11) is 0. The topological polar surface area (TPSA) is 94.0 Å². The fraction of sp³-hybridized carbons (Fsp3) is 0.667. The number of rotatable bonds is 8. The third kappa shape index (κ3) is 4.72. The summed E-state index contributed by atoms with van der Waals surface area (Å²) in [5.41, 5.74) is 11.6. The zero-order valence-electron chi connectivity index (χ0n) is 10.8. The van der Waals surface area contributed by atoms with Crippen LogP contribution in [0.2, 0.25) is 0 Å². The molecule has 0 aliphatic heterocycles. The van der Waals surface area contributed by atoms with E-state index in [9.17, 15) is 4.79 Å². The van der Waals surface area contributed by atoms with Gasteiger partial charge >= 0.3 is 0 Å². The van der Waals surface area contributed by atoms with Crippen LogP contribution in [0.3, 0.4) is 0 Å². The monoisotopic (exact) mass is 270 g/mol. The highest BCUT2D eigenvalue weighted by Crippen LogP contribution is 2.10. The summed E-state index contributed by atoms with van der Waals surface area (Å²) in [5, 5.41) is 5.60. The Morgan fingerprint density at radius 1 is 1.56 bits per heavy atom. The van der Waals surface area contributed by atoms with Crippen LogP contribution in [0, 0.1) is 0 Å². The fourth-order valence-corrected chi connectivity index (χ4v) is 2.41. The van der Waals surface area contributed by atoms with Crippen LogP contribution in [0.4, 0.5) is 0 Å². The lowest BCUT2D eigenvalue weighted by molar-refractivity contribution is 0.0931. The molecule has 0 aliphatic carbocycles. The number of hydrogen-bond acceptors (Lipinski definition) is 5. The maximum Gasteiger partial charge on any atom is 0.271 e. The lowest BCUT2D eigenvalue weighted by Crippen LogP contribution is -2.40. The van der Waals surface area contributed by atoms with E-state index < -0.39 is 0 Å². The van der Waals surface area contributed by atoms with Crippen molar-refractivity contribution in [2.75, 3.05) is 13.1 Å². The lowest BCUT2D eigenvalue weighted by Gasteiger charge is -2.15. The number of carbonyl (C=O) groups excluding carboxylic acids is 1. The van der Waals surface area contributed by atoms with Crippen molar-refractivity contribution in [2.24, 2.45) is 11.5 Å². The molecule has 5 N–H and O–H groups in total. The average Bonchev–Trinajstić information content (AvgIpc) is 2.83. The summed E-state index contributed by atoms with van der Waals surface area (Å²) < 4.78 is 0. The van der Waals surface area contributed by atoms with Crippen molar-refractivity contribution in [3.63, 3.8) is 0 Å². The zero-order chi connectivity index (χ0) is 13.4. The molecular formula is C12H22N4OS. The number of nitrogens with one attached hydrogen (secondary N) is 1. The summed E-state index contributed by atoms with van der Waals surface area (Å²) >= 11 is 1.47. The third-order valence-corrected chi connectivity index (χ3v) is 3.58. The maximum atomic E-state index is 11.9. The minimum Gasteiger partial charge on any atom is -0.347 e. The van der Waals surface area contributed by atoms with Crippen molar-refractivity contribution in [3.8, 4) is 0 Å². The Balaban J connectivity index is 2.51. The van der Waals surface area contributed by atoms with Gasteiger partial charge in [-0.25, -0.2) is 4.98 Å². The fourth-order valence-electron chi connectivity index (χ4n) is 1.61. The summed E-state index contributed by atoms with van der Waals surface area (Å²) in [4.78, 5) is 16.2. The van der Waals surface area contributed by atoms with Gasteiger partial charge in [0.15, 0.2) is 0 Å². The van der Waals surface area contributed by atoms with Crippen LogP contribution in [0.1, 0.15) is 41.7 Å². The van der Waals surface area contributed by atoms with Crippen LogP contribution in [-0.4, -0.2) is 30.0 Å². The van der Waals surface area contributed by atoms with Gasteiger partial charge in [-0.05, 0) is 13.0 Å². The van der Waals surface area contributed by atoms with E-state index >= 15 is 0 Å². The van der Waals surface area contributed by atoms with E-state index in [1.54, 1.807) is 5.38 Å². The second-order valence-electron chi connectivity index (χ2n) is 4.21. The van der Waals surface area contributed by atoms with E-state index in [0.29, 0.717) is 25.2 Å². The average molecular weight is 270 g/mol. The number of carbonyl (C=O) groups is 1. The molecule has 0 fully saturated rings. The highest BCUT2D eigenvalue weighted by molar-refractivity contribution is 7.09. The third-order valence-electron chi connectivity index (χ3n) is 2.67. The molecule has 5 nitrogen and oxygen atoms in total. The molecule has 0 saturated heterocycles. The van der Waals surface area contributed by atoms with Gasteiger partial charge in [0.1, 0.15) is 5.69 Å². The molecule has 0 bridgehead atoms. The smallest absolute Gasteiger partial charge is 0.271 e. The number of thiazole rings is 1. The normalized spacial score (nSPS) is 12.4. The molecule has 1 atom stereocenters. The highest BCUT2D eigenvalue weighted by atomic mass is 32.1. The predicted octanol–water partition coefficient (Wildman–Crippen LogP) is 0.892. The van der Waals surface area contributed by atoms with Gasteiger partial charge in [-0.15, -0.1) is 11.3 Å². The van der Waals surface area contributed by atoms with E-state index in [-0.39, 0.29) is 11.9 Å². The van der Waals surface area contributed by atoms with Crippen molar-refractivity contribution in [1.29, 1.82) is 0 Å². The molecule has 1 amide bonds. The SMILES string of the molecule is CCCCC(CN)NC(=O)c1csc(CCN)n1. The first-order valence-electron chi connectivity index (χ1n) is 6.36. The van der Waals surface area contributed by atoms with E-state index in [1.165, 1.54) is 11.3 Å². The minimum absolute atomic E-state index is 0.0390. The van der Waals surface area contributed by atoms with Crippen molar-refractivity contribution in [2.45, 2.75) is 38.6 Å². The Morgan fingerprint density at radius 3 is 2.94 bits per heavy atom. The largest absolute Gasteiger partial charge is 0.347 e. The number of unbranched alkanes of at least 4 members (excludes halogenated alkanes) is 1. The van der Waals surface area contributed by atoms with Gasteiger partial charge in [0.2, 0.25) is 0 Å². The molecule has 0 spiro atoms. The van der Waals surface area contributed by atoms with Crippen LogP contribution in [0.25, 0.3) is 0 Å². The Morgan fingerprint density at radius 2 is 2.33 bits per heavy atom. The van der Waals surface area contributed by atoms with Gasteiger partial charge in [-0.3, -0.25) is 4.79 Å². The van der Waals surface area contributed by atoms with E-state index in [4.69, 9.17) is 11.5 Å². The van der Waals surface area contributed by atoms with Crippen molar-refractivity contribution >= 4 is 17.2 Å². The van der Waals surface area contributed by atoms with Gasteiger partial charge in [0.25, 0.3) is 5.91 Å². The van der Waals surface area contributed by atoms with Crippen molar-refractivity contribution in [1.82, 2.24) is 10.3 Å². The van der Waals surface area contributed by atoms with Crippen LogP contribution < -0.4 is 16.8 Å². The first-order valence-corrected chi connectivity index (χ1v) is 7.24. The molecule has 6 heteroatoms. The summed E-state index contributed by atoms with van der Waals surface area (Å²) in [6.07, 6.45) is 3.80. The molecule has 1 heterocycles. The van der Waals surface area contributed by atoms with E-state index in [2.05, 4.69) is 17.2 Å². The maximum absolute atomic E-state index is 11.9. The Kier molecular flexibility index (Phi) is 6.85. The molecule has 1 unspecified atom stereocenters. The van der Waals surface area contributed by atoms with Gasteiger partial charge in [-0.1, -0.05) is 19.8 Å². The van der Waals surface area contributed by atoms with Crippen molar-refractivity contribution in [3.05, 3.63) is 16.1 Å². The minimum atomic E-state index is -0.138. The standard InChI is InChI=1S/C12H22N4OS/c1-2-3-4-9(7-14)15-12(17)10-8-18-11(16-10)5-6-13/h8-9H,2-7,13-14H2,1H3,(H,15,17). The highest BCUT2D eigenvalue weighted by Gasteiger charge is 2.14. The summed E-state index contributed by atoms with van der Waals surface area (Å²) in [5.74, 6) is -0.138. The Bertz CT molecular complexity index is 367. The Hall–Kier alpha value is -0.980. The zero-order valence-corrected chi connectivity index (χ0v) is 11.6. The number of nitrogens with two attached hydrogens (primary N) is 2. The van der Waals surface area contributed by atoms with Gasteiger partial charge in [0.05, 0.1) is 5.01 Å². The summed E-state index contributed by atoms with van der Waals surface area (Å²) in [6, 6.07) is 0.0390. The molecule has 1 aromatic rings. The number of nitrogens with zero attached hydrogens (tertiary/aromatic N) is 1. The van der Waals surface area contributed by atoms with Crippen LogP contribution in [0.5, 0.6) is 0 Å². The quantitative estimate of drug-likeness (QED) is 0.654. The second-order valence-corrected chi connectivity index (χ2v) is 5.16. The van der Waals surface area contributed by atoms with Gasteiger partial charge in [0, 0.05) is 24.4 Å². The van der Waals surface area contributed by atoms with Gasteiger partial charge in [-0.2, -0.15) is 0 Å². The van der Waals surface area contributed by atoms with Gasteiger partial charge < -0.3 is 16.8 Å². The van der Waals surface area contributed by atoms with Crippen LogP contribution in [0.15, 0.2) is 5.38 Å². The molecule has 0 aromatic carbocycles. The second kappa shape index (κ2) is 8.18. The van der Waals surface area contributed by atoms with E-state index in [1.807, 2.05) is 0 Å². The molecule has 0 saturated carbocycles. The predicted molar refractivity (Wildman–Crippen MR) is 74.7 cm³/mol. The first kappa shape index (κ1) is 15.1. The molecule has 1 rings (SSSR count).